The molecule has 4 N–H and O–H groups in total. The molecule has 0 fully saturated rings. The van der Waals surface area contributed by atoms with Crippen molar-refractivity contribution < 1.29 is 9.90 Å². The van der Waals surface area contributed by atoms with E-state index in [1.54, 1.807) is 0 Å². The molecule has 1 aliphatic rings. The third-order valence-corrected chi connectivity index (χ3v) is 6.31. The lowest BCUT2D eigenvalue weighted by molar-refractivity contribution is -0.142. The van der Waals surface area contributed by atoms with Crippen LogP contribution in [0.4, 0.5) is 0 Å². The van der Waals surface area contributed by atoms with Crippen molar-refractivity contribution in [2.24, 2.45) is 11.7 Å². The molecule has 3 aromatic rings. The Bertz CT molecular complexity index is 1020. The van der Waals surface area contributed by atoms with Crippen molar-refractivity contribution in [3.05, 3.63) is 65.0 Å². The molecule has 1 aromatic heterocycles. The summed E-state index contributed by atoms with van der Waals surface area (Å²) in [5, 5.41) is 24.0. The number of tetrazole rings is 1. The number of nitrogens with two attached hydrogens (primary N) is 1. The van der Waals surface area contributed by atoms with E-state index in [-0.39, 0.29) is 12.0 Å². The first-order valence-electron chi connectivity index (χ1n) is 11.0. The number of aryl methyl sites for hydroxylation is 1. The Morgan fingerprint density at radius 2 is 1.97 bits per heavy atom. The van der Waals surface area contributed by atoms with Crippen LogP contribution >= 0.6 is 0 Å². The van der Waals surface area contributed by atoms with Crippen molar-refractivity contribution in [2.75, 3.05) is 0 Å². The third-order valence-electron chi connectivity index (χ3n) is 6.31. The smallest absolute Gasteiger partial charge is 0.307 e. The first-order chi connectivity index (χ1) is 15.0. The van der Waals surface area contributed by atoms with Gasteiger partial charge in [0.05, 0.1) is 5.92 Å². The quantitative estimate of drug-likeness (QED) is 0.514. The Hall–Kier alpha value is -3.06. The number of nitrogens with zero attached hydrogens (tertiary/aromatic N) is 3. The van der Waals surface area contributed by atoms with Gasteiger partial charge in [0, 0.05) is 12.0 Å². The zero-order chi connectivity index (χ0) is 21.8. The Morgan fingerprint density at radius 3 is 2.65 bits per heavy atom. The van der Waals surface area contributed by atoms with E-state index in [4.69, 9.17) is 5.73 Å². The van der Waals surface area contributed by atoms with Crippen LogP contribution < -0.4 is 5.73 Å². The fourth-order valence-electron chi connectivity index (χ4n) is 4.60. The number of aromatic amines is 1. The Kier molecular flexibility index (Phi) is 6.42. The highest BCUT2D eigenvalue weighted by atomic mass is 16.4. The summed E-state index contributed by atoms with van der Waals surface area (Å²) in [5.74, 6) is -1.23. The lowest BCUT2D eigenvalue weighted by atomic mass is 9.83. The number of rotatable bonds is 8. The molecule has 7 nitrogen and oxygen atoms in total. The Balaban J connectivity index is 1.55. The number of carboxylic acid groups (broad SMARTS) is 1. The molecule has 162 valence electrons. The molecule has 0 saturated carbocycles. The number of hydrogen-bond donors (Lipinski definition) is 3. The molecule has 0 amide bonds. The van der Waals surface area contributed by atoms with Gasteiger partial charge in [0.15, 0.2) is 5.82 Å². The van der Waals surface area contributed by atoms with Gasteiger partial charge < -0.3 is 10.8 Å². The van der Waals surface area contributed by atoms with E-state index in [0.29, 0.717) is 18.7 Å². The molecule has 7 heteroatoms. The number of aliphatic carboxylic acids is 1. The minimum absolute atomic E-state index is 0.270. The second-order valence-electron chi connectivity index (χ2n) is 8.50. The number of benzene rings is 2. The second-order valence-corrected chi connectivity index (χ2v) is 8.50. The summed E-state index contributed by atoms with van der Waals surface area (Å²) in [7, 11) is 0. The van der Waals surface area contributed by atoms with Crippen molar-refractivity contribution in [2.45, 2.75) is 57.4 Å². The van der Waals surface area contributed by atoms with E-state index in [1.165, 1.54) is 16.7 Å². The first kappa shape index (κ1) is 21.2. The summed E-state index contributed by atoms with van der Waals surface area (Å²) in [6.45, 7) is 1.99. The highest BCUT2D eigenvalue weighted by Gasteiger charge is 2.32. The summed E-state index contributed by atoms with van der Waals surface area (Å²) in [5.41, 5.74) is 12.3. The van der Waals surface area contributed by atoms with Crippen molar-refractivity contribution >= 4 is 5.97 Å². The van der Waals surface area contributed by atoms with Gasteiger partial charge >= 0.3 is 5.97 Å². The largest absolute Gasteiger partial charge is 0.481 e. The number of carboxylic acids is 1. The monoisotopic (exact) mass is 419 g/mol. The van der Waals surface area contributed by atoms with Crippen LogP contribution in [0.2, 0.25) is 0 Å². The van der Waals surface area contributed by atoms with Gasteiger partial charge in [-0.15, -0.1) is 10.2 Å². The van der Waals surface area contributed by atoms with Crippen LogP contribution in [0.25, 0.3) is 11.1 Å². The Labute approximate surface area is 182 Å². The van der Waals surface area contributed by atoms with Gasteiger partial charge in [0.1, 0.15) is 0 Å². The van der Waals surface area contributed by atoms with Crippen LogP contribution in [-0.2, 0) is 24.1 Å². The second kappa shape index (κ2) is 9.39. The van der Waals surface area contributed by atoms with Gasteiger partial charge in [-0.2, -0.15) is 5.21 Å². The highest BCUT2D eigenvalue weighted by molar-refractivity contribution is 5.71. The van der Waals surface area contributed by atoms with Crippen LogP contribution in [0.3, 0.4) is 0 Å². The lowest BCUT2D eigenvalue weighted by Crippen LogP contribution is -2.27. The van der Waals surface area contributed by atoms with Gasteiger partial charge in [-0.1, -0.05) is 61.0 Å². The number of aromatic nitrogens is 4. The molecule has 3 atom stereocenters. The molecule has 0 bridgehead atoms. The van der Waals surface area contributed by atoms with Gasteiger partial charge in [-0.25, -0.2) is 0 Å². The molecule has 2 aromatic carbocycles. The SMILES string of the molecule is CCCC(C(=O)O)C(Cc1ccc(-c2ccc3c(c2)CCC(N)C3)cc1)c1nn[nH]n1. The molecule has 1 heterocycles. The maximum Gasteiger partial charge on any atom is 0.307 e. The molecular weight excluding hydrogens is 390 g/mol. The molecule has 0 saturated heterocycles. The standard InChI is InChI=1S/C24H29N5O2/c1-2-3-21(24(30)31)22(23-26-28-29-27-23)12-15-4-6-16(7-5-15)17-8-9-19-14-20(25)11-10-18(19)13-17/h4-9,13,20-22H,2-3,10-12,14,25H2,1H3,(H,30,31)(H,26,27,28,29). The summed E-state index contributed by atoms with van der Waals surface area (Å²) in [6, 6.07) is 15.3. The predicted molar refractivity (Wildman–Crippen MR) is 119 cm³/mol. The zero-order valence-corrected chi connectivity index (χ0v) is 17.8. The maximum absolute atomic E-state index is 11.9. The number of carbonyl (C=O) groups is 1. The summed E-state index contributed by atoms with van der Waals surface area (Å²) >= 11 is 0. The lowest BCUT2D eigenvalue weighted by Gasteiger charge is -2.22. The molecule has 0 radical (unpaired) electrons. The van der Waals surface area contributed by atoms with E-state index in [2.05, 4.69) is 63.1 Å². The fraction of sp³-hybridized carbons (Fsp3) is 0.417. The number of hydrogen-bond acceptors (Lipinski definition) is 5. The van der Waals surface area contributed by atoms with Crippen molar-refractivity contribution in [1.82, 2.24) is 20.6 Å². The van der Waals surface area contributed by atoms with Crippen molar-refractivity contribution in [3.63, 3.8) is 0 Å². The summed E-state index contributed by atoms with van der Waals surface area (Å²) in [6.07, 6.45) is 4.93. The molecular formula is C24H29N5O2. The highest BCUT2D eigenvalue weighted by Crippen LogP contribution is 2.31. The van der Waals surface area contributed by atoms with Crippen LogP contribution in [0.5, 0.6) is 0 Å². The molecule has 1 aliphatic carbocycles. The average molecular weight is 420 g/mol. The van der Waals surface area contributed by atoms with Crippen LogP contribution in [0.15, 0.2) is 42.5 Å². The van der Waals surface area contributed by atoms with E-state index in [9.17, 15) is 9.90 Å². The maximum atomic E-state index is 11.9. The van der Waals surface area contributed by atoms with E-state index in [0.717, 1.165) is 36.8 Å². The van der Waals surface area contributed by atoms with E-state index >= 15 is 0 Å². The van der Waals surface area contributed by atoms with Gasteiger partial charge in [0.2, 0.25) is 0 Å². The van der Waals surface area contributed by atoms with Crippen LogP contribution in [0.1, 0.15) is 54.6 Å². The van der Waals surface area contributed by atoms with Gasteiger partial charge in [-0.05, 0) is 59.9 Å². The summed E-state index contributed by atoms with van der Waals surface area (Å²) < 4.78 is 0. The third kappa shape index (κ3) is 4.82. The normalized spacial score (nSPS) is 17.7. The predicted octanol–water partition coefficient (Wildman–Crippen LogP) is 3.51. The molecule has 0 aliphatic heterocycles. The topological polar surface area (TPSA) is 118 Å². The minimum Gasteiger partial charge on any atom is -0.481 e. The Morgan fingerprint density at radius 1 is 1.19 bits per heavy atom. The number of H-pyrrole nitrogens is 1. The van der Waals surface area contributed by atoms with Crippen molar-refractivity contribution in [3.8, 4) is 11.1 Å². The van der Waals surface area contributed by atoms with E-state index < -0.39 is 11.9 Å². The molecule has 4 rings (SSSR count). The minimum atomic E-state index is -0.818. The first-order valence-corrected chi connectivity index (χ1v) is 11.0. The summed E-state index contributed by atoms with van der Waals surface area (Å²) in [4.78, 5) is 11.9. The average Bonchev–Trinajstić information content (AvgIpc) is 3.31. The van der Waals surface area contributed by atoms with Crippen LogP contribution in [-0.4, -0.2) is 37.7 Å². The fourth-order valence-corrected chi connectivity index (χ4v) is 4.60. The zero-order valence-electron chi connectivity index (χ0n) is 17.8. The number of nitrogens with one attached hydrogen (secondary N) is 1. The number of fused-ring (bicyclic) bond motifs is 1. The molecule has 3 unspecified atom stereocenters. The molecule has 0 spiro atoms. The van der Waals surface area contributed by atoms with Crippen molar-refractivity contribution in [1.29, 1.82) is 0 Å². The van der Waals surface area contributed by atoms with Gasteiger partial charge in [0.25, 0.3) is 0 Å². The van der Waals surface area contributed by atoms with E-state index in [1.807, 2.05) is 6.92 Å². The molecule has 31 heavy (non-hydrogen) atoms. The van der Waals surface area contributed by atoms with Gasteiger partial charge in [-0.3, -0.25) is 4.79 Å². The van der Waals surface area contributed by atoms with Crippen LogP contribution in [0, 0.1) is 5.92 Å².